The van der Waals surface area contributed by atoms with Gasteiger partial charge in [-0.3, -0.25) is 20.8 Å². The van der Waals surface area contributed by atoms with Crippen molar-refractivity contribution in [1.82, 2.24) is 10.9 Å². The van der Waals surface area contributed by atoms with Crippen molar-refractivity contribution < 1.29 is 18.9 Å². The van der Waals surface area contributed by atoms with Gasteiger partial charge in [-0.1, -0.05) is 0 Å². The molecule has 0 saturated heterocycles. The van der Waals surface area contributed by atoms with Crippen molar-refractivity contribution in [1.29, 1.82) is 0 Å². The molecule has 0 aromatic heterocycles. The van der Waals surface area contributed by atoms with E-state index in [4.69, 9.17) is 28.9 Å². The van der Waals surface area contributed by atoms with E-state index in [0.717, 1.165) is 35.1 Å². The van der Waals surface area contributed by atoms with Crippen LogP contribution in [0.4, 0.5) is 0 Å². The smallest absolute Gasteiger partial charge is 0.161 e. The van der Waals surface area contributed by atoms with Gasteiger partial charge < -0.3 is 18.9 Å². The van der Waals surface area contributed by atoms with Crippen molar-refractivity contribution in [3.05, 3.63) is 46.5 Å². The van der Waals surface area contributed by atoms with Crippen molar-refractivity contribution in [3.8, 4) is 23.0 Å². The molecule has 4 rings (SSSR count). The number of hydrogen-bond donors (Lipinski definition) is 2. The molecule has 10 heteroatoms. The molecule has 0 spiro atoms. The van der Waals surface area contributed by atoms with Gasteiger partial charge in [0, 0.05) is 11.1 Å². The molecule has 0 radical (unpaired) electrons. The summed E-state index contributed by atoms with van der Waals surface area (Å²) in [7, 11) is 6.53. The fourth-order valence-corrected chi connectivity index (χ4v) is 4.92. The van der Waals surface area contributed by atoms with E-state index in [9.17, 15) is 0 Å². The predicted molar refractivity (Wildman–Crippen MR) is 160 cm³/mol. The Morgan fingerprint density at radius 1 is 0.625 bits per heavy atom. The van der Waals surface area contributed by atoms with Gasteiger partial charge in [0.2, 0.25) is 0 Å². The molecule has 2 heterocycles. The van der Waals surface area contributed by atoms with Gasteiger partial charge >= 0.3 is 0 Å². The molecule has 0 saturated carbocycles. The number of ether oxygens (including phenoxy) is 4. The van der Waals surface area contributed by atoms with E-state index < -0.39 is 0 Å². The summed E-state index contributed by atoms with van der Waals surface area (Å²) in [4.78, 5) is 9.83. The highest BCUT2D eigenvalue weighted by molar-refractivity contribution is 6.40. The predicted octanol–water partition coefficient (Wildman–Crippen LogP) is 4.51. The highest BCUT2D eigenvalue weighted by Crippen LogP contribution is 2.37. The van der Waals surface area contributed by atoms with Gasteiger partial charge in [-0.25, -0.2) is 0 Å². The summed E-state index contributed by atoms with van der Waals surface area (Å²) in [6.07, 6.45) is 1.55. The lowest BCUT2D eigenvalue weighted by molar-refractivity contribution is 0.353. The fraction of sp³-hybridized carbons (Fsp3) is 0.467. The number of hydrazone groups is 2. The molecule has 10 nitrogen and oxygen atoms in total. The van der Waals surface area contributed by atoms with Gasteiger partial charge in [-0.15, -0.1) is 0 Å². The molecule has 0 aliphatic carbocycles. The molecule has 0 amide bonds. The molecule has 2 N–H and O–H groups in total. The standard InChI is InChI=1S/C30H40N6O4/c1-17(33-35-27-21-13-25(39-9)23(37-7)11-19(21)15-29(3,4)31-27)18(2)34-36-28-22-14-26(40-10)24(38-8)12-20(22)16-30(5,6)32-28/h11-14H,15-16H2,1-10H3,(H,31,35)(H,32,36)/b33-17-,34-18+. The first kappa shape index (κ1) is 28.9. The second-order valence-electron chi connectivity index (χ2n) is 11.2. The quantitative estimate of drug-likeness (QED) is 0.389. The van der Waals surface area contributed by atoms with Crippen LogP contribution in [-0.4, -0.2) is 62.6 Å². The number of nitrogens with zero attached hydrogens (tertiary/aromatic N) is 4. The van der Waals surface area contributed by atoms with Crippen LogP contribution in [0, 0.1) is 0 Å². The Kier molecular flexibility index (Phi) is 8.09. The highest BCUT2D eigenvalue weighted by Gasteiger charge is 2.30. The number of rotatable bonds is 7. The lowest BCUT2D eigenvalue weighted by Gasteiger charge is -2.29. The summed E-state index contributed by atoms with van der Waals surface area (Å²) in [6.45, 7) is 12.2. The summed E-state index contributed by atoms with van der Waals surface area (Å²) in [5.74, 6) is 4.01. The first-order valence-electron chi connectivity index (χ1n) is 13.2. The summed E-state index contributed by atoms with van der Waals surface area (Å²) >= 11 is 0. The van der Waals surface area contributed by atoms with Crippen LogP contribution >= 0.6 is 0 Å². The Labute approximate surface area is 236 Å². The topological polar surface area (TPSA) is 110 Å². The van der Waals surface area contributed by atoms with Gasteiger partial charge in [0.25, 0.3) is 0 Å². The van der Waals surface area contributed by atoms with E-state index in [-0.39, 0.29) is 11.1 Å². The summed E-state index contributed by atoms with van der Waals surface area (Å²) < 4.78 is 22.1. The minimum Gasteiger partial charge on any atom is -0.493 e. The van der Waals surface area contributed by atoms with E-state index in [0.29, 0.717) is 46.1 Å². The summed E-state index contributed by atoms with van der Waals surface area (Å²) in [5, 5.41) is 9.23. The number of aliphatic imine (C=N–C) groups is 2. The third-order valence-electron chi connectivity index (χ3n) is 6.99. The monoisotopic (exact) mass is 548 g/mol. The van der Waals surface area contributed by atoms with E-state index in [1.165, 1.54) is 0 Å². The van der Waals surface area contributed by atoms with Crippen molar-refractivity contribution in [3.63, 3.8) is 0 Å². The zero-order valence-corrected chi connectivity index (χ0v) is 25.1. The number of benzene rings is 2. The molecule has 2 aromatic rings. The first-order chi connectivity index (χ1) is 18.9. The third-order valence-corrected chi connectivity index (χ3v) is 6.99. The Balaban J connectivity index is 1.59. The molecule has 0 bridgehead atoms. The normalized spacial score (nSPS) is 17.6. The van der Waals surface area contributed by atoms with Crippen LogP contribution in [0.15, 0.2) is 44.5 Å². The summed E-state index contributed by atoms with van der Waals surface area (Å²) in [5.41, 5.74) is 11.2. The van der Waals surface area contributed by atoms with Crippen molar-refractivity contribution in [2.24, 2.45) is 20.2 Å². The number of nitrogens with one attached hydrogen (secondary N) is 2. The molecular formula is C30H40N6O4. The number of amidine groups is 2. The Bertz CT molecular complexity index is 1310. The lowest BCUT2D eigenvalue weighted by atomic mass is 9.88. The third kappa shape index (κ3) is 6.05. The minimum atomic E-state index is -0.299. The van der Waals surface area contributed by atoms with Gasteiger partial charge in [-0.2, -0.15) is 10.2 Å². The van der Waals surface area contributed by atoms with E-state index >= 15 is 0 Å². The second-order valence-corrected chi connectivity index (χ2v) is 11.2. The van der Waals surface area contributed by atoms with Crippen molar-refractivity contribution in [2.45, 2.75) is 65.5 Å². The van der Waals surface area contributed by atoms with Crippen LogP contribution in [0.2, 0.25) is 0 Å². The molecule has 214 valence electrons. The highest BCUT2D eigenvalue weighted by atomic mass is 16.5. The number of methoxy groups -OCH3 is 4. The molecule has 0 atom stereocenters. The Morgan fingerprint density at radius 2 is 0.950 bits per heavy atom. The van der Waals surface area contributed by atoms with Crippen LogP contribution in [-0.2, 0) is 12.8 Å². The van der Waals surface area contributed by atoms with Gasteiger partial charge in [0.1, 0.15) is 11.7 Å². The van der Waals surface area contributed by atoms with Crippen LogP contribution < -0.4 is 29.8 Å². The van der Waals surface area contributed by atoms with Crippen LogP contribution in [0.3, 0.4) is 0 Å². The average Bonchev–Trinajstić information content (AvgIpc) is 2.91. The van der Waals surface area contributed by atoms with E-state index in [1.54, 1.807) is 28.4 Å². The Morgan fingerprint density at radius 3 is 1.27 bits per heavy atom. The summed E-state index contributed by atoms with van der Waals surface area (Å²) in [6, 6.07) is 7.89. The van der Waals surface area contributed by atoms with Gasteiger partial charge in [0.05, 0.1) is 50.9 Å². The molecule has 2 aliphatic heterocycles. The van der Waals surface area contributed by atoms with Crippen LogP contribution in [0.25, 0.3) is 0 Å². The zero-order chi connectivity index (χ0) is 29.2. The lowest BCUT2D eigenvalue weighted by Crippen LogP contribution is -2.35. The fourth-order valence-electron chi connectivity index (χ4n) is 4.92. The molecular weight excluding hydrogens is 508 g/mol. The molecule has 0 unspecified atom stereocenters. The van der Waals surface area contributed by atoms with Gasteiger partial charge in [0.15, 0.2) is 23.0 Å². The van der Waals surface area contributed by atoms with Crippen LogP contribution in [0.5, 0.6) is 23.0 Å². The SMILES string of the molecule is COc1cc2c(cc1OC)C(N/N=C(C)\C(C)=N\NC1=NC(C)(C)Cc3cc(OC)c(OC)cc31)=NC(C)(C)C2. The second kappa shape index (κ2) is 11.2. The van der Waals surface area contributed by atoms with Crippen molar-refractivity contribution >= 4 is 23.1 Å². The minimum absolute atomic E-state index is 0.299. The maximum atomic E-state index is 5.53. The Hall–Kier alpha value is -4.08. The molecule has 0 fully saturated rings. The van der Waals surface area contributed by atoms with Gasteiger partial charge in [-0.05, 0) is 89.8 Å². The maximum Gasteiger partial charge on any atom is 0.161 e. The van der Waals surface area contributed by atoms with E-state index in [2.05, 4.69) is 48.7 Å². The largest absolute Gasteiger partial charge is 0.493 e. The first-order valence-corrected chi connectivity index (χ1v) is 13.2. The maximum absolute atomic E-state index is 5.53. The van der Waals surface area contributed by atoms with Crippen molar-refractivity contribution in [2.75, 3.05) is 28.4 Å². The zero-order valence-electron chi connectivity index (χ0n) is 25.1. The number of hydrogen-bond acceptors (Lipinski definition) is 10. The molecule has 2 aromatic carbocycles. The average molecular weight is 549 g/mol. The van der Waals surface area contributed by atoms with E-state index in [1.807, 2.05) is 38.1 Å². The molecule has 40 heavy (non-hydrogen) atoms. The number of fused-ring (bicyclic) bond motifs is 2. The molecule has 2 aliphatic rings. The van der Waals surface area contributed by atoms with Crippen LogP contribution in [0.1, 0.15) is 63.8 Å².